The highest BCUT2D eigenvalue weighted by Crippen LogP contribution is 2.34. The van der Waals surface area contributed by atoms with Crippen LogP contribution >= 0.6 is 28.1 Å². The van der Waals surface area contributed by atoms with Crippen LogP contribution in [-0.2, 0) is 9.59 Å². The van der Waals surface area contributed by atoms with Gasteiger partial charge in [0.05, 0.1) is 18.7 Å². The van der Waals surface area contributed by atoms with Crippen molar-refractivity contribution in [3.05, 3.63) is 27.7 Å². The van der Waals surface area contributed by atoms with E-state index in [9.17, 15) is 9.59 Å². The van der Waals surface area contributed by atoms with Crippen LogP contribution in [0, 0.1) is 0 Å². The summed E-state index contributed by atoms with van der Waals surface area (Å²) in [6.07, 6.45) is 1.46. The number of halogens is 1. The van der Waals surface area contributed by atoms with Gasteiger partial charge in [-0.2, -0.15) is 0 Å². The van der Waals surface area contributed by atoms with Crippen LogP contribution in [0.2, 0.25) is 0 Å². The standard InChI is InChI=1S/C14H13BrN2O4S/c1-17-13(19)8(12(18)16-14(17)22)4-7-5-9(15)11(21-3)6-10(7)20-2/h4-6H,1-3H3,(H,16,18,22)/b8-4+. The molecule has 1 aromatic rings. The van der Waals surface area contributed by atoms with Crippen molar-refractivity contribution in [2.45, 2.75) is 0 Å². The van der Waals surface area contributed by atoms with Crippen molar-refractivity contribution >= 4 is 51.2 Å². The summed E-state index contributed by atoms with van der Waals surface area (Å²) in [5, 5.41) is 2.54. The molecule has 1 aliphatic heterocycles. The summed E-state index contributed by atoms with van der Waals surface area (Å²) in [4.78, 5) is 25.4. The molecular weight excluding hydrogens is 372 g/mol. The predicted molar refractivity (Wildman–Crippen MR) is 88.7 cm³/mol. The number of methoxy groups -OCH3 is 2. The number of rotatable bonds is 3. The van der Waals surface area contributed by atoms with Gasteiger partial charge in [0, 0.05) is 18.7 Å². The summed E-state index contributed by atoms with van der Waals surface area (Å²) in [6.45, 7) is 0. The number of likely N-dealkylation sites (N-methyl/N-ethyl adjacent to an activating group) is 1. The lowest BCUT2D eigenvalue weighted by molar-refractivity contribution is -0.128. The molecule has 1 N–H and O–H groups in total. The molecule has 6 nitrogen and oxygen atoms in total. The van der Waals surface area contributed by atoms with E-state index in [1.807, 2.05) is 0 Å². The van der Waals surface area contributed by atoms with Gasteiger partial charge in [-0.1, -0.05) is 0 Å². The van der Waals surface area contributed by atoms with E-state index >= 15 is 0 Å². The largest absolute Gasteiger partial charge is 0.496 e. The minimum absolute atomic E-state index is 0.0218. The number of benzene rings is 1. The second-order valence-electron chi connectivity index (χ2n) is 4.41. The second-order valence-corrected chi connectivity index (χ2v) is 5.65. The van der Waals surface area contributed by atoms with Crippen LogP contribution in [-0.4, -0.2) is 43.1 Å². The molecule has 0 saturated carbocycles. The molecule has 22 heavy (non-hydrogen) atoms. The first kappa shape index (κ1) is 16.4. The molecule has 2 amide bonds. The monoisotopic (exact) mass is 384 g/mol. The second kappa shape index (κ2) is 6.45. The molecule has 116 valence electrons. The van der Waals surface area contributed by atoms with E-state index in [1.54, 1.807) is 12.1 Å². The van der Waals surface area contributed by atoms with E-state index in [1.165, 1.54) is 32.2 Å². The van der Waals surface area contributed by atoms with Crippen molar-refractivity contribution in [1.29, 1.82) is 0 Å². The van der Waals surface area contributed by atoms with E-state index < -0.39 is 11.8 Å². The highest BCUT2D eigenvalue weighted by molar-refractivity contribution is 9.10. The zero-order chi connectivity index (χ0) is 16.4. The highest BCUT2D eigenvalue weighted by Gasteiger charge is 2.31. The zero-order valence-corrected chi connectivity index (χ0v) is 14.5. The Balaban J connectivity index is 2.52. The van der Waals surface area contributed by atoms with Crippen molar-refractivity contribution in [1.82, 2.24) is 10.2 Å². The minimum atomic E-state index is -0.540. The number of carbonyl (C=O) groups is 2. The molecule has 1 aliphatic rings. The normalized spacial score (nSPS) is 16.8. The van der Waals surface area contributed by atoms with Crippen molar-refractivity contribution in [2.24, 2.45) is 0 Å². The molecule has 0 aliphatic carbocycles. The van der Waals surface area contributed by atoms with Gasteiger partial charge in [0.2, 0.25) is 0 Å². The van der Waals surface area contributed by atoms with Crippen molar-refractivity contribution < 1.29 is 19.1 Å². The molecule has 0 radical (unpaired) electrons. The Kier molecular flexibility index (Phi) is 4.82. The number of hydrogen-bond acceptors (Lipinski definition) is 5. The number of carbonyl (C=O) groups excluding carboxylic acids is 2. The molecule has 0 aromatic heterocycles. The summed E-state index contributed by atoms with van der Waals surface area (Å²) in [6, 6.07) is 3.37. The Bertz CT molecular complexity index is 702. The maximum absolute atomic E-state index is 12.2. The molecule has 2 rings (SSSR count). The fraction of sp³-hybridized carbons (Fsp3) is 0.214. The summed E-state index contributed by atoms with van der Waals surface area (Å²) < 4.78 is 11.1. The van der Waals surface area contributed by atoms with Gasteiger partial charge in [0.15, 0.2) is 5.11 Å². The molecule has 0 bridgehead atoms. The van der Waals surface area contributed by atoms with E-state index in [2.05, 4.69) is 21.2 Å². The van der Waals surface area contributed by atoms with Crippen molar-refractivity contribution in [3.63, 3.8) is 0 Å². The quantitative estimate of drug-likeness (QED) is 0.488. The number of amides is 2. The highest BCUT2D eigenvalue weighted by atomic mass is 79.9. The molecule has 1 fully saturated rings. The van der Waals surface area contributed by atoms with Gasteiger partial charge in [-0.05, 0) is 40.3 Å². The topological polar surface area (TPSA) is 67.9 Å². The van der Waals surface area contributed by atoms with Gasteiger partial charge in [-0.15, -0.1) is 0 Å². The van der Waals surface area contributed by atoms with Gasteiger partial charge < -0.3 is 9.47 Å². The zero-order valence-electron chi connectivity index (χ0n) is 12.1. The maximum Gasteiger partial charge on any atom is 0.265 e. The van der Waals surface area contributed by atoms with Crippen LogP contribution in [0.1, 0.15) is 5.56 Å². The fourth-order valence-electron chi connectivity index (χ4n) is 1.90. The molecule has 1 aromatic carbocycles. The Morgan fingerprint density at radius 2 is 1.86 bits per heavy atom. The Morgan fingerprint density at radius 1 is 1.23 bits per heavy atom. The summed E-state index contributed by atoms with van der Waals surface area (Å²) in [5.74, 6) is 0.0468. The minimum Gasteiger partial charge on any atom is -0.496 e. The summed E-state index contributed by atoms with van der Waals surface area (Å²) in [5.41, 5.74) is 0.543. The molecule has 1 heterocycles. The van der Waals surface area contributed by atoms with E-state index in [0.717, 1.165) is 0 Å². The molecule has 8 heteroatoms. The molecule has 1 saturated heterocycles. The van der Waals surface area contributed by atoms with E-state index in [4.69, 9.17) is 21.7 Å². The predicted octanol–water partition coefficient (Wildman–Crippen LogP) is 1.72. The molecule has 0 atom stereocenters. The average Bonchev–Trinajstić information content (AvgIpc) is 2.49. The maximum atomic E-state index is 12.2. The van der Waals surface area contributed by atoms with Gasteiger partial charge in [-0.25, -0.2) is 0 Å². The van der Waals surface area contributed by atoms with Gasteiger partial charge in [0.25, 0.3) is 11.8 Å². The smallest absolute Gasteiger partial charge is 0.265 e. The lowest BCUT2D eigenvalue weighted by atomic mass is 10.1. The first-order valence-corrected chi connectivity index (χ1v) is 7.35. The number of nitrogens with zero attached hydrogens (tertiary/aromatic N) is 1. The number of hydrogen-bond donors (Lipinski definition) is 1. The van der Waals surface area contributed by atoms with Crippen LogP contribution < -0.4 is 14.8 Å². The Labute approximate surface area is 141 Å². The fourth-order valence-corrected chi connectivity index (χ4v) is 2.60. The third kappa shape index (κ3) is 2.97. The van der Waals surface area contributed by atoms with Crippen molar-refractivity contribution in [3.8, 4) is 11.5 Å². The number of thiocarbonyl (C=S) groups is 1. The van der Waals surface area contributed by atoms with Crippen LogP contribution in [0.15, 0.2) is 22.2 Å². The lowest BCUT2D eigenvalue weighted by Gasteiger charge is -2.25. The third-order valence-corrected chi connectivity index (χ3v) is 4.10. The first-order chi connectivity index (χ1) is 10.4. The average molecular weight is 385 g/mol. The SMILES string of the molecule is COc1cc(OC)c(/C=C2\C(=O)NC(=S)N(C)C2=O)cc1Br. The van der Waals surface area contributed by atoms with Gasteiger partial charge in [0.1, 0.15) is 17.1 Å². The summed E-state index contributed by atoms with van der Waals surface area (Å²) in [7, 11) is 4.53. The summed E-state index contributed by atoms with van der Waals surface area (Å²) >= 11 is 8.26. The third-order valence-electron chi connectivity index (χ3n) is 3.11. The Morgan fingerprint density at radius 3 is 2.45 bits per heavy atom. The first-order valence-electron chi connectivity index (χ1n) is 6.15. The van der Waals surface area contributed by atoms with Crippen LogP contribution in [0.3, 0.4) is 0 Å². The van der Waals surface area contributed by atoms with Gasteiger partial charge >= 0.3 is 0 Å². The molecular formula is C14H13BrN2O4S. The lowest BCUT2D eigenvalue weighted by Crippen LogP contribution is -2.52. The number of nitrogens with one attached hydrogen (secondary N) is 1. The van der Waals surface area contributed by atoms with Crippen LogP contribution in [0.25, 0.3) is 6.08 Å². The molecule has 0 spiro atoms. The van der Waals surface area contributed by atoms with Crippen molar-refractivity contribution in [2.75, 3.05) is 21.3 Å². The van der Waals surface area contributed by atoms with E-state index in [0.29, 0.717) is 21.5 Å². The Hall–Kier alpha value is -1.93. The molecule has 0 unspecified atom stereocenters. The van der Waals surface area contributed by atoms with Crippen LogP contribution in [0.5, 0.6) is 11.5 Å². The van der Waals surface area contributed by atoms with E-state index in [-0.39, 0.29) is 10.7 Å². The van der Waals surface area contributed by atoms with Gasteiger partial charge in [-0.3, -0.25) is 19.8 Å². The number of ether oxygens (including phenoxy) is 2. The van der Waals surface area contributed by atoms with Crippen LogP contribution in [0.4, 0.5) is 0 Å².